The van der Waals surface area contributed by atoms with Gasteiger partial charge < -0.3 is 5.32 Å². The van der Waals surface area contributed by atoms with Gasteiger partial charge in [0.05, 0.1) is 10.0 Å². The molecular weight excluding hydrogens is 323 g/mol. The van der Waals surface area contributed by atoms with E-state index in [1.165, 1.54) is 24.5 Å². The van der Waals surface area contributed by atoms with E-state index in [4.69, 9.17) is 23.2 Å². The second kappa shape index (κ2) is 5.82. The minimum absolute atomic E-state index is 0.0444. The molecule has 0 fully saturated rings. The Hall–Kier alpha value is -1.57. The highest BCUT2D eigenvalue weighted by atomic mass is 35.5. The van der Waals surface area contributed by atoms with Gasteiger partial charge in [0, 0.05) is 19.4 Å². The van der Waals surface area contributed by atoms with E-state index in [0.717, 1.165) is 0 Å². The van der Waals surface area contributed by atoms with Crippen LogP contribution in [0, 0.1) is 0 Å². The number of anilines is 2. The van der Waals surface area contributed by atoms with Crippen molar-refractivity contribution in [3.63, 3.8) is 0 Å². The van der Waals surface area contributed by atoms with Gasteiger partial charge in [0.15, 0.2) is 5.82 Å². The maximum Gasteiger partial charge on any atom is 0.264 e. The number of hydrogen-bond acceptors (Lipinski definition) is 5. The molecule has 0 aromatic carbocycles. The molecule has 2 aromatic heterocycles. The highest BCUT2D eigenvalue weighted by Gasteiger charge is 2.18. The van der Waals surface area contributed by atoms with Crippen LogP contribution in [-0.2, 0) is 10.0 Å². The average Bonchev–Trinajstić information content (AvgIpc) is 2.41. The Morgan fingerprint density at radius 3 is 2.50 bits per heavy atom. The fraction of sp³-hybridized carbons (Fsp3) is 0.0909. The molecular formula is C11H10Cl2N4O2S. The van der Waals surface area contributed by atoms with Crippen molar-refractivity contribution in [1.82, 2.24) is 9.97 Å². The summed E-state index contributed by atoms with van der Waals surface area (Å²) in [6, 6.07) is 4.42. The van der Waals surface area contributed by atoms with E-state index in [2.05, 4.69) is 20.0 Å². The molecule has 0 unspecified atom stereocenters. The highest BCUT2D eigenvalue weighted by Crippen LogP contribution is 2.25. The summed E-state index contributed by atoms with van der Waals surface area (Å²) in [6.45, 7) is 0. The van der Waals surface area contributed by atoms with Crippen molar-refractivity contribution in [3.05, 3.63) is 40.6 Å². The highest BCUT2D eigenvalue weighted by molar-refractivity contribution is 7.92. The standard InChI is InChI=1S/C11H10Cl2N4O2S/c1-14-10-9(13)5-7(6-16-10)20(18,19)17-11-8(12)3-2-4-15-11/h2-6H,1H3,(H,14,16)(H,15,17). The van der Waals surface area contributed by atoms with Crippen LogP contribution in [0.1, 0.15) is 0 Å². The van der Waals surface area contributed by atoms with Crippen molar-refractivity contribution in [2.75, 3.05) is 17.1 Å². The topological polar surface area (TPSA) is 84.0 Å². The lowest BCUT2D eigenvalue weighted by molar-refractivity contribution is 0.600. The third-order valence-electron chi connectivity index (χ3n) is 2.35. The molecule has 0 aliphatic rings. The number of nitrogens with zero attached hydrogens (tertiary/aromatic N) is 2. The first-order valence-corrected chi connectivity index (χ1v) is 7.64. The summed E-state index contributed by atoms with van der Waals surface area (Å²) in [5.41, 5.74) is 0. The van der Waals surface area contributed by atoms with Gasteiger partial charge in [0.25, 0.3) is 10.0 Å². The molecule has 6 nitrogen and oxygen atoms in total. The fourth-order valence-corrected chi connectivity index (χ4v) is 2.95. The van der Waals surface area contributed by atoms with Crippen LogP contribution in [0.3, 0.4) is 0 Å². The normalized spacial score (nSPS) is 11.2. The average molecular weight is 333 g/mol. The second-order valence-electron chi connectivity index (χ2n) is 3.69. The molecule has 0 aliphatic carbocycles. The molecule has 0 bridgehead atoms. The Labute approximate surface area is 126 Å². The smallest absolute Gasteiger partial charge is 0.264 e. The Morgan fingerprint density at radius 1 is 1.15 bits per heavy atom. The molecule has 0 spiro atoms. The van der Waals surface area contributed by atoms with Crippen molar-refractivity contribution in [2.24, 2.45) is 0 Å². The van der Waals surface area contributed by atoms with Crippen molar-refractivity contribution < 1.29 is 8.42 Å². The molecule has 0 saturated carbocycles. The molecule has 0 amide bonds. The Bertz CT molecular complexity index is 737. The van der Waals surface area contributed by atoms with Gasteiger partial charge in [-0.1, -0.05) is 23.2 Å². The SMILES string of the molecule is CNc1ncc(S(=O)(=O)Nc2ncccc2Cl)cc1Cl. The molecule has 0 radical (unpaired) electrons. The molecule has 9 heteroatoms. The Balaban J connectivity index is 2.36. The van der Waals surface area contributed by atoms with Gasteiger partial charge >= 0.3 is 0 Å². The summed E-state index contributed by atoms with van der Waals surface area (Å²) in [7, 11) is -2.22. The maximum absolute atomic E-state index is 12.2. The molecule has 0 atom stereocenters. The first kappa shape index (κ1) is 14.8. The zero-order valence-corrected chi connectivity index (χ0v) is 12.6. The van der Waals surface area contributed by atoms with Crippen LogP contribution >= 0.6 is 23.2 Å². The molecule has 2 rings (SSSR count). The van der Waals surface area contributed by atoms with E-state index in [1.807, 2.05) is 0 Å². The molecule has 0 saturated heterocycles. The summed E-state index contributed by atoms with van der Waals surface area (Å²) in [6.07, 6.45) is 2.62. The number of sulfonamides is 1. The number of rotatable bonds is 4. The van der Waals surface area contributed by atoms with Gasteiger partial charge in [0.1, 0.15) is 10.7 Å². The fourth-order valence-electron chi connectivity index (χ4n) is 1.40. The summed E-state index contributed by atoms with van der Waals surface area (Å²) < 4.78 is 26.6. The Morgan fingerprint density at radius 2 is 1.90 bits per heavy atom. The largest absolute Gasteiger partial charge is 0.372 e. The zero-order valence-electron chi connectivity index (χ0n) is 10.3. The van der Waals surface area contributed by atoms with Crippen LogP contribution in [0.15, 0.2) is 35.5 Å². The molecule has 20 heavy (non-hydrogen) atoms. The number of pyridine rings is 2. The lowest BCUT2D eigenvalue weighted by Crippen LogP contribution is -2.14. The summed E-state index contributed by atoms with van der Waals surface area (Å²) in [5.74, 6) is 0.435. The number of aromatic nitrogens is 2. The first-order chi connectivity index (χ1) is 9.44. The molecule has 2 aromatic rings. The Kier molecular flexibility index (Phi) is 4.32. The van der Waals surface area contributed by atoms with E-state index < -0.39 is 10.0 Å². The van der Waals surface area contributed by atoms with Crippen LogP contribution in [0.5, 0.6) is 0 Å². The van der Waals surface area contributed by atoms with Crippen molar-refractivity contribution in [1.29, 1.82) is 0 Å². The quantitative estimate of drug-likeness (QED) is 0.899. The third kappa shape index (κ3) is 3.12. The number of halogens is 2. The van der Waals surface area contributed by atoms with Gasteiger partial charge in [-0.3, -0.25) is 4.72 Å². The predicted octanol–water partition coefficient (Wildman–Crippen LogP) is 2.63. The first-order valence-electron chi connectivity index (χ1n) is 5.40. The van der Waals surface area contributed by atoms with Gasteiger partial charge in [-0.25, -0.2) is 18.4 Å². The van der Waals surface area contributed by atoms with Gasteiger partial charge in [0.2, 0.25) is 0 Å². The molecule has 2 N–H and O–H groups in total. The van der Waals surface area contributed by atoms with E-state index in [0.29, 0.717) is 5.82 Å². The van der Waals surface area contributed by atoms with Crippen LogP contribution in [0.4, 0.5) is 11.6 Å². The monoisotopic (exact) mass is 332 g/mol. The lowest BCUT2D eigenvalue weighted by atomic mass is 10.4. The van der Waals surface area contributed by atoms with Crippen LogP contribution in [-0.4, -0.2) is 25.4 Å². The molecule has 0 aliphatic heterocycles. The van der Waals surface area contributed by atoms with Crippen molar-refractivity contribution in [2.45, 2.75) is 4.90 Å². The summed E-state index contributed by atoms with van der Waals surface area (Å²) in [4.78, 5) is 7.69. The lowest BCUT2D eigenvalue weighted by Gasteiger charge is -2.09. The summed E-state index contributed by atoms with van der Waals surface area (Å²) in [5, 5.41) is 3.13. The van der Waals surface area contributed by atoms with E-state index in [9.17, 15) is 8.42 Å². The molecule has 106 valence electrons. The van der Waals surface area contributed by atoms with Crippen molar-refractivity contribution >= 4 is 44.9 Å². The third-order valence-corrected chi connectivity index (χ3v) is 4.25. The number of hydrogen-bond donors (Lipinski definition) is 2. The summed E-state index contributed by atoms with van der Waals surface area (Å²) >= 11 is 11.8. The maximum atomic E-state index is 12.2. The minimum Gasteiger partial charge on any atom is -0.372 e. The van der Waals surface area contributed by atoms with Gasteiger partial charge in [-0.2, -0.15) is 0 Å². The van der Waals surface area contributed by atoms with Crippen molar-refractivity contribution in [3.8, 4) is 0 Å². The second-order valence-corrected chi connectivity index (χ2v) is 6.19. The van der Waals surface area contributed by atoms with Crippen LogP contribution in [0.2, 0.25) is 10.0 Å². The minimum atomic E-state index is -3.85. The van der Waals surface area contributed by atoms with Crippen LogP contribution in [0.25, 0.3) is 0 Å². The van der Waals surface area contributed by atoms with Crippen LogP contribution < -0.4 is 10.0 Å². The van der Waals surface area contributed by atoms with E-state index >= 15 is 0 Å². The number of nitrogens with one attached hydrogen (secondary N) is 2. The van der Waals surface area contributed by atoms with Gasteiger partial charge in [-0.05, 0) is 18.2 Å². The zero-order chi connectivity index (χ0) is 14.8. The van der Waals surface area contributed by atoms with E-state index in [-0.39, 0.29) is 20.8 Å². The predicted molar refractivity (Wildman–Crippen MR) is 78.8 cm³/mol. The van der Waals surface area contributed by atoms with Gasteiger partial charge in [-0.15, -0.1) is 0 Å². The molecule has 2 heterocycles. The van der Waals surface area contributed by atoms with E-state index in [1.54, 1.807) is 13.1 Å².